The summed E-state index contributed by atoms with van der Waals surface area (Å²) in [5.41, 5.74) is -0.0186. The van der Waals surface area contributed by atoms with Crippen molar-refractivity contribution in [2.45, 2.75) is 25.6 Å². The second kappa shape index (κ2) is 7.77. The summed E-state index contributed by atoms with van der Waals surface area (Å²) >= 11 is 0. The SMILES string of the molecule is CC1CC(N=S(C)(C)=O)CN(c2ccnc(-c3cnc4ccc(C(F)(F)F)cn34)n2)C1. The summed E-state index contributed by atoms with van der Waals surface area (Å²) in [6.07, 6.45) is 3.69. The second-order valence-corrected chi connectivity index (χ2v) is 10.8. The normalized spacial score (nSPS) is 20.3. The van der Waals surface area contributed by atoms with Gasteiger partial charge in [0, 0.05) is 47.7 Å². The Morgan fingerprint density at radius 3 is 2.65 bits per heavy atom. The lowest BCUT2D eigenvalue weighted by atomic mass is 9.97. The molecule has 7 nitrogen and oxygen atoms in total. The number of piperidine rings is 1. The highest BCUT2D eigenvalue weighted by Crippen LogP contribution is 2.31. The fraction of sp³-hybridized carbons (Fsp3) is 0.450. The Balaban J connectivity index is 1.70. The van der Waals surface area contributed by atoms with Gasteiger partial charge in [0.05, 0.1) is 17.8 Å². The number of rotatable bonds is 3. The van der Waals surface area contributed by atoms with Crippen molar-refractivity contribution in [3.63, 3.8) is 0 Å². The molecule has 1 saturated heterocycles. The summed E-state index contributed by atoms with van der Waals surface area (Å²) in [5.74, 6) is 1.26. The van der Waals surface area contributed by atoms with Crippen LogP contribution in [-0.4, -0.2) is 55.2 Å². The Kier molecular flexibility index (Phi) is 5.40. The highest BCUT2D eigenvalue weighted by atomic mass is 32.2. The smallest absolute Gasteiger partial charge is 0.354 e. The third-order valence-corrected chi connectivity index (χ3v) is 5.87. The summed E-state index contributed by atoms with van der Waals surface area (Å²) in [7, 11) is -2.22. The predicted octanol–water partition coefficient (Wildman–Crippen LogP) is 3.75. The molecule has 0 bridgehead atoms. The van der Waals surface area contributed by atoms with Gasteiger partial charge in [-0.2, -0.15) is 13.2 Å². The van der Waals surface area contributed by atoms with Crippen molar-refractivity contribution in [1.82, 2.24) is 19.4 Å². The van der Waals surface area contributed by atoms with Crippen LogP contribution in [0.3, 0.4) is 0 Å². The van der Waals surface area contributed by atoms with E-state index in [1.807, 2.05) is 0 Å². The molecule has 0 amide bonds. The van der Waals surface area contributed by atoms with Gasteiger partial charge in [-0.25, -0.2) is 19.3 Å². The van der Waals surface area contributed by atoms with Crippen LogP contribution >= 0.6 is 0 Å². The standard InChI is InChI=1S/C20H23F3N6OS/c1-13-8-15(27-31(2,3)30)12-28(10-13)18-6-7-24-19(26-18)16-9-25-17-5-4-14(11-29(16)17)20(21,22)23/h4-7,9,11,13,15H,8,10,12H2,1-3H3. The van der Waals surface area contributed by atoms with Crippen LogP contribution in [0.5, 0.6) is 0 Å². The first-order chi connectivity index (χ1) is 14.5. The van der Waals surface area contributed by atoms with Gasteiger partial charge in [0.1, 0.15) is 17.2 Å². The van der Waals surface area contributed by atoms with Gasteiger partial charge in [-0.05, 0) is 30.5 Å². The molecular weight excluding hydrogens is 429 g/mol. The van der Waals surface area contributed by atoms with Crippen molar-refractivity contribution in [2.24, 2.45) is 10.3 Å². The van der Waals surface area contributed by atoms with Gasteiger partial charge in [-0.3, -0.25) is 8.61 Å². The van der Waals surface area contributed by atoms with Crippen LogP contribution in [-0.2, 0) is 15.9 Å². The van der Waals surface area contributed by atoms with Gasteiger partial charge >= 0.3 is 6.18 Å². The molecule has 4 rings (SSSR count). The molecule has 0 aromatic carbocycles. The zero-order chi connectivity index (χ0) is 22.4. The van der Waals surface area contributed by atoms with Crippen molar-refractivity contribution in [3.05, 3.63) is 42.4 Å². The molecule has 4 heterocycles. The molecule has 0 radical (unpaired) electrons. The van der Waals surface area contributed by atoms with Gasteiger partial charge < -0.3 is 4.90 Å². The zero-order valence-electron chi connectivity index (χ0n) is 17.4. The summed E-state index contributed by atoms with van der Waals surface area (Å²) < 4.78 is 57.4. The highest BCUT2D eigenvalue weighted by Gasteiger charge is 2.31. The Morgan fingerprint density at radius 2 is 1.94 bits per heavy atom. The van der Waals surface area contributed by atoms with Gasteiger partial charge in [0.2, 0.25) is 0 Å². The topological polar surface area (TPSA) is 75.8 Å². The summed E-state index contributed by atoms with van der Waals surface area (Å²) in [4.78, 5) is 15.1. The van der Waals surface area contributed by atoms with Crippen LogP contribution in [0.1, 0.15) is 18.9 Å². The molecule has 1 fully saturated rings. The first kappa shape index (κ1) is 21.5. The van der Waals surface area contributed by atoms with E-state index in [2.05, 4.69) is 31.1 Å². The maximum absolute atomic E-state index is 13.2. The number of alkyl halides is 3. The lowest BCUT2D eigenvalue weighted by Crippen LogP contribution is -2.42. The lowest BCUT2D eigenvalue weighted by Gasteiger charge is -2.35. The maximum atomic E-state index is 13.2. The van der Waals surface area contributed by atoms with E-state index in [1.54, 1.807) is 24.8 Å². The fourth-order valence-corrected chi connectivity index (χ4v) is 4.77. The monoisotopic (exact) mass is 452 g/mol. The van der Waals surface area contributed by atoms with Crippen LogP contribution in [0.25, 0.3) is 17.2 Å². The van der Waals surface area contributed by atoms with Crippen LogP contribution < -0.4 is 4.90 Å². The lowest BCUT2D eigenvalue weighted by molar-refractivity contribution is -0.137. The maximum Gasteiger partial charge on any atom is 0.417 e. The van der Waals surface area contributed by atoms with E-state index in [4.69, 9.17) is 0 Å². The number of halogens is 3. The van der Waals surface area contributed by atoms with Crippen molar-refractivity contribution >= 4 is 21.2 Å². The molecule has 11 heteroatoms. The third-order valence-electron chi connectivity index (χ3n) is 5.07. The number of fused-ring (bicyclic) bond motifs is 1. The first-order valence-corrected chi connectivity index (χ1v) is 12.1. The van der Waals surface area contributed by atoms with Crippen molar-refractivity contribution in [3.8, 4) is 11.5 Å². The molecule has 2 atom stereocenters. The number of hydrogen-bond acceptors (Lipinski definition) is 6. The largest absolute Gasteiger partial charge is 0.417 e. The Morgan fingerprint density at radius 1 is 1.16 bits per heavy atom. The molecule has 3 aromatic rings. The minimum absolute atomic E-state index is 0.0743. The van der Waals surface area contributed by atoms with Crippen LogP contribution in [0.15, 0.2) is 41.2 Å². The van der Waals surface area contributed by atoms with Crippen LogP contribution in [0.2, 0.25) is 0 Å². The molecule has 2 unspecified atom stereocenters. The molecular formula is C20H23F3N6OS. The Hall–Kier alpha value is -2.69. The average Bonchev–Trinajstić information content (AvgIpc) is 3.09. The van der Waals surface area contributed by atoms with Crippen LogP contribution in [0.4, 0.5) is 19.0 Å². The molecule has 1 aliphatic heterocycles. The highest BCUT2D eigenvalue weighted by molar-refractivity contribution is 7.92. The van der Waals surface area contributed by atoms with E-state index in [0.29, 0.717) is 29.6 Å². The van der Waals surface area contributed by atoms with E-state index in [1.165, 1.54) is 16.7 Å². The summed E-state index contributed by atoms with van der Waals surface area (Å²) in [5, 5.41) is 0. The number of nitrogens with zero attached hydrogens (tertiary/aromatic N) is 6. The van der Waals surface area contributed by atoms with E-state index in [9.17, 15) is 17.4 Å². The van der Waals surface area contributed by atoms with Gasteiger partial charge in [-0.15, -0.1) is 0 Å². The minimum atomic E-state index is -4.46. The molecule has 0 aliphatic carbocycles. The fourth-order valence-electron chi connectivity index (χ4n) is 3.90. The van der Waals surface area contributed by atoms with Gasteiger partial charge in [0.25, 0.3) is 0 Å². The van der Waals surface area contributed by atoms with E-state index in [0.717, 1.165) is 25.2 Å². The van der Waals surface area contributed by atoms with Crippen molar-refractivity contribution < 1.29 is 17.4 Å². The molecule has 0 saturated carbocycles. The number of hydrogen-bond donors (Lipinski definition) is 0. The molecule has 1 aliphatic rings. The molecule has 166 valence electrons. The minimum Gasteiger partial charge on any atom is -0.354 e. The zero-order valence-corrected chi connectivity index (χ0v) is 18.2. The van der Waals surface area contributed by atoms with E-state index in [-0.39, 0.29) is 11.9 Å². The first-order valence-electron chi connectivity index (χ1n) is 9.78. The van der Waals surface area contributed by atoms with Crippen molar-refractivity contribution in [1.29, 1.82) is 0 Å². The van der Waals surface area contributed by atoms with Crippen LogP contribution in [0, 0.1) is 5.92 Å². The molecule has 3 aromatic heterocycles. The predicted molar refractivity (Wildman–Crippen MR) is 113 cm³/mol. The number of aromatic nitrogens is 4. The number of imidazole rings is 1. The average molecular weight is 453 g/mol. The number of pyridine rings is 1. The summed E-state index contributed by atoms with van der Waals surface area (Å²) in [6, 6.07) is 4.01. The Bertz CT molecular complexity index is 1220. The molecule has 31 heavy (non-hydrogen) atoms. The van der Waals surface area contributed by atoms with Gasteiger partial charge in [-0.1, -0.05) is 6.92 Å². The quantitative estimate of drug-likeness (QED) is 0.605. The van der Waals surface area contributed by atoms with Gasteiger partial charge in [0.15, 0.2) is 5.82 Å². The molecule has 0 N–H and O–H groups in total. The number of anilines is 1. The second-order valence-electron chi connectivity index (χ2n) is 8.21. The van der Waals surface area contributed by atoms with E-state index >= 15 is 0 Å². The third kappa shape index (κ3) is 4.81. The summed E-state index contributed by atoms with van der Waals surface area (Å²) in [6.45, 7) is 3.43. The molecule has 0 spiro atoms. The Labute approximate surface area is 178 Å². The van der Waals surface area contributed by atoms with Crippen molar-refractivity contribution in [2.75, 3.05) is 30.5 Å². The van der Waals surface area contributed by atoms with E-state index < -0.39 is 21.5 Å².